The Morgan fingerprint density at radius 2 is 1.96 bits per heavy atom. The minimum atomic E-state index is -2.26. The lowest BCUT2D eigenvalue weighted by Gasteiger charge is -2.38. The number of rotatable bonds is 5. The second kappa shape index (κ2) is 7.02. The Hall–Kier alpha value is -1.30. The van der Waals surface area contributed by atoms with E-state index in [1.54, 1.807) is 0 Å². The van der Waals surface area contributed by atoms with Crippen LogP contribution in [-0.4, -0.2) is 36.7 Å². The van der Waals surface area contributed by atoms with Crippen molar-refractivity contribution >= 4 is 0 Å². The van der Waals surface area contributed by atoms with E-state index in [1.165, 1.54) is 5.57 Å². The summed E-state index contributed by atoms with van der Waals surface area (Å²) in [6.07, 6.45) is 2.77. The third kappa shape index (κ3) is 3.71. The maximum absolute atomic E-state index is 13.3. The normalized spacial score (nSPS) is 39.9. The highest BCUT2D eigenvalue weighted by atomic mass is 19.3. The Balaban J connectivity index is 1.49. The summed E-state index contributed by atoms with van der Waals surface area (Å²) in [5.74, 6) is 0.354. The van der Waals surface area contributed by atoms with E-state index in [4.69, 9.17) is 0 Å². The number of halogens is 2. The molecule has 1 heterocycles. The van der Waals surface area contributed by atoms with Crippen LogP contribution in [0.5, 0.6) is 0 Å². The van der Waals surface area contributed by atoms with Gasteiger partial charge in [-0.2, -0.15) is 0 Å². The van der Waals surface area contributed by atoms with Crippen LogP contribution in [0, 0.1) is 23.0 Å². The van der Waals surface area contributed by atoms with Crippen molar-refractivity contribution in [3.63, 3.8) is 0 Å². The van der Waals surface area contributed by atoms with Gasteiger partial charge in [0, 0.05) is 17.8 Å². The summed E-state index contributed by atoms with van der Waals surface area (Å²) in [6.45, 7) is 2.00. The Morgan fingerprint density at radius 3 is 2.62 bits per heavy atom. The Kier molecular flexibility index (Phi) is 4.88. The van der Waals surface area contributed by atoms with Crippen molar-refractivity contribution in [3.05, 3.63) is 52.8 Å². The molecule has 0 radical (unpaired) electrons. The molecule has 0 spiro atoms. The fourth-order valence-corrected chi connectivity index (χ4v) is 5.12. The fourth-order valence-electron chi connectivity index (χ4n) is 5.12. The summed E-state index contributed by atoms with van der Waals surface area (Å²) in [6, 6.07) is 10.3. The Morgan fingerprint density at radius 1 is 1.19 bits per heavy atom. The average Bonchev–Trinajstić information content (AvgIpc) is 3.29. The van der Waals surface area contributed by atoms with Crippen LogP contribution >= 0.6 is 0 Å². The topological polar surface area (TPSA) is 50.7 Å². The van der Waals surface area contributed by atoms with E-state index in [9.17, 15) is 14.0 Å². The molecule has 2 aliphatic carbocycles. The Bertz CT molecular complexity index is 665. The van der Waals surface area contributed by atoms with Gasteiger partial charge in [-0.05, 0) is 30.7 Å². The molecule has 1 aromatic rings. The second-order valence-electron chi connectivity index (χ2n) is 8.64. The highest BCUT2D eigenvalue weighted by Crippen LogP contribution is 2.54. The van der Waals surface area contributed by atoms with Crippen LogP contribution < -0.4 is 5.73 Å². The number of benzene rings is 1. The molecule has 1 aliphatic heterocycles. The number of quaternary nitrogens is 2. The number of alkyl halides is 2. The molecule has 5 heteroatoms. The van der Waals surface area contributed by atoms with Crippen LogP contribution in [0.3, 0.4) is 0 Å². The molecule has 2 fully saturated rings. The summed E-state index contributed by atoms with van der Waals surface area (Å²) in [4.78, 5) is 0. The predicted octanol–water partition coefficient (Wildman–Crippen LogP) is 3.34. The molecule has 3 N–H and O–H groups in total. The van der Waals surface area contributed by atoms with Gasteiger partial charge in [-0.15, -0.1) is 0 Å². The lowest BCUT2D eigenvalue weighted by molar-refractivity contribution is -0.874. The molecule has 142 valence electrons. The van der Waals surface area contributed by atoms with Gasteiger partial charge in [0.05, 0.1) is 19.5 Å². The molecule has 4 rings (SSSR count). The fraction of sp³-hybridized carbons (Fsp3) is 0.619. The van der Waals surface area contributed by atoms with Crippen molar-refractivity contribution in [2.75, 3.05) is 19.6 Å². The number of allylic oxidation sites excluding steroid dienone is 2. The van der Waals surface area contributed by atoms with Gasteiger partial charge in [-0.3, -0.25) is 0 Å². The van der Waals surface area contributed by atoms with Gasteiger partial charge in [0.1, 0.15) is 12.6 Å². The van der Waals surface area contributed by atoms with Crippen molar-refractivity contribution in [1.29, 1.82) is 0 Å². The largest absolute Gasteiger partial charge is 0.633 e. The summed E-state index contributed by atoms with van der Waals surface area (Å²) in [7, 11) is 0. The van der Waals surface area contributed by atoms with E-state index in [-0.39, 0.29) is 16.6 Å². The summed E-state index contributed by atoms with van der Waals surface area (Å²) in [5.41, 5.74) is 6.50. The minimum absolute atomic E-state index is 0.0817. The quantitative estimate of drug-likeness (QED) is 0.487. The molecule has 3 aliphatic rings. The van der Waals surface area contributed by atoms with Crippen LogP contribution in [0.15, 0.2) is 42.0 Å². The van der Waals surface area contributed by atoms with Crippen molar-refractivity contribution in [2.24, 2.45) is 17.8 Å². The van der Waals surface area contributed by atoms with Crippen molar-refractivity contribution < 1.29 is 19.2 Å². The van der Waals surface area contributed by atoms with Crippen molar-refractivity contribution in [3.8, 4) is 0 Å². The monoisotopic (exact) mass is 363 g/mol. The summed E-state index contributed by atoms with van der Waals surface area (Å²) < 4.78 is 26.5. The predicted molar refractivity (Wildman–Crippen MR) is 97.1 cm³/mol. The first kappa shape index (κ1) is 18.1. The molecule has 0 amide bonds. The van der Waals surface area contributed by atoms with Gasteiger partial charge in [-0.1, -0.05) is 42.0 Å². The van der Waals surface area contributed by atoms with Gasteiger partial charge in [-0.25, -0.2) is 8.78 Å². The molecular formula is C21H29F2N2O+. The Labute approximate surface area is 154 Å². The highest BCUT2D eigenvalue weighted by molar-refractivity contribution is 5.34. The maximum atomic E-state index is 13.3. The number of hydrogen-bond acceptors (Lipinski definition) is 1. The van der Waals surface area contributed by atoms with Crippen LogP contribution in [0.2, 0.25) is 0 Å². The zero-order chi connectivity index (χ0) is 18.3. The third-order valence-electron chi connectivity index (χ3n) is 6.61. The number of hydroxylamine groups is 3. The molecular weight excluding hydrogens is 334 g/mol. The first-order chi connectivity index (χ1) is 12.5. The van der Waals surface area contributed by atoms with Gasteiger partial charge in [0.2, 0.25) is 6.43 Å². The number of nitrogens with zero attached hydrogens (tertiary/aromatic N) is 1. The van der Waals surface area contributed by atoms with Gasteiger partial charge < -0.3 is 15.6 Å². The van der Waals surface area contributed by atoms with Gasteiger partial charge in [0.15, 0.2) is 0 Å². The first-order valence-corrected chi connectivity index (χ1v) is 9.88. The number of likely N-dealkylation sites (tertiary alicyclic amines) is 1. The van der Waals surface area contributed by atoms with Crippen LogP contribution in [-0.2, 0) is 0 Å². The van der Waals surface area contributed by atoms with Crippen LogP contribution in [0.1, 0.15) is 37.2 Å². The summed E-state index contributed by atoms with van der Waals surface area (Å²) in [5, 5.41) is 12.9. The van der Waals surface area contributed by atoms with E-state index in [0.29, 0.717) is 44.3 Å². The first-order valence-electron chi connectivity index (χ1n) is 9.88. The SMILES string of the molecule is [NH3+]C1CC[N+]([O-])(CC2CC2C2=CCC(C(F)F)CC2c2ccccc2)C1. The average molecular weight is 363 g/mol. The lowest BCUT2D eigenvalue weighted by Crippen LogP contribution is -2.63. The summed E-state index contributed by atoms with van der Waals surface area (Å²) >= 11 is 0. The molecule has 0 aromatic heterocycles. The molecule has 0 bridgehead atoms. The van der Waals surface area contributed by atoms with Crippen molar-refractivity contribution in [1.82, 2.24) is 0 Å². The molecule has 26 heavy (non-hydrogen) atoms. The second-order valence-corrected chi connectivity index (χ2v) is 8.64. The van der Waals surface area contributed by atoms with Gasteiger partial charge in [0.25, 0.3) is 0 Å². The standard InChI is InChI=1S/C21H28F2N2O/c22-21(23)15-6-7-18(19(10-15)14-4-2-1-3-5-14)20-11-16(20)12-25(26)9-8-17(24)13-25/h1-5,7,15-17,19-21H,6,8-13,24H2/p+1. The van der Waals surface area contributed by atoms with Crippen LogP contribution in [0.4, 0.5) is 8.78 Å². The molecule has 1 saturated carbocycles. The van der Waals surface area contributed by atoms with Crippen molar-refractivity contribution in [2.45, 2.75) is 44.1 Å². The lowest BCUT2D eigenvalue weighted by atomic mass is 9.75. The van der Waals surface area contributed by atoms with E-state index < -0.39 is 12.3 Å². The molecule has 1 aromatic carbocycles. The van der Waals surface area contributed by atoms with Crippen LogP contribution in [0.25, 0.3) is 0 Å². The highest BCUT2D eigenvalue weighted by Gasteiger charge is 2.48. The minimum Gasteiger partial charge on any atom is -0.633 e. The zero-order valence-electron chi connectivity index (χ0n) is 15.2. The van der Waals surface area contributed by atoms with Gasteiger partial charge >= 0.3 is 0 Å². The molecule has 6 unspecified atom stereocenters. The third-order valence-corrected chi connectivity index (χ3v) is 6.61. The van der Waals surface area contributed by atoms with E-state index in [2.05, 4.69) is 23.9 Å². The molecule has 3 nitrogen and oxygen atoms in total. The molecule has 6 atom stereocenters. The zero-order valence-corrected chi connectivity index (χ0v) is 15.2. The number of hydrogen-bond donors (Lipinski definition) is 1. The smallest absolute Gasteiger partial charge is 0.241 e. The van der Waals surface area contributed by atoms with E-state index >= 15 is 0 Å². The van der Waals surface area contributed by atoms with E-state index in [1.807, 2.05) is 18.2 Å². The molecule has 1 saturated heterocycles. The van der Waals surface area contributed by atoms with E-state index in [0.717, 1.165) is 18.4 Å². The maximum Gasteiger partial charge on any atom is 0.241 e.